The molecule has 0 spiro atoms. The number of benzene rings is 1. The number of ether oxygens (including phenoxy) is 1. The van der Waals surface area contributed by atoms with E-state index in [-0.39, 0.29) is 17.9 Å². The summed E-state index contributed by atoms with van der Waals surface area (Å²) in [6.45, 7) is 6.48. The van der Waals surface area contributed by atoms with Crippen molar-refractivity contribution in [2.24, 2.45) is 0 Å². The Morgan fingerprint density at radius 1 is 1.35 bits per heavy atom. The van der Waals surface area contributed by atoms with Crippen LogP contribution in [0, 0.1) is 0 Å². The van der Waals surface area contributed by atoms with E-state index in [2.05, 4.69) is 16.1 Å². The summed E-state index contributed by atoms with van der Waals surface area (Å²) in [5.74, 6) is -0.502. The molecule has 1 aromatic rings. The fourth-order valence-electron chi connectivity index (χ4n) is 3.27. The van der Waals surface area contributed by atoms with E-state index in [0.717, 1.165) is 25.9 Å². The number of hydrogen-bond acceptors (Lipinski definition) is 6. The fourth-order valence-corrected chi connectivity index (χ4v) is 3.27. The Morgan fingerprint density at radius 2 is 2.08 bits per heavy atom. The standard InChI is InChI=1S/C18H27N5O3/c1-12-10-20-11-18(2,26-12)17(25)21-15-9-13(5-6-14(15)19)16(24)22-23-7-3-4-8-23/h5-6,9,12,20H,3-4,7-8,10-11,19H2,1-2H3,(H,21,25)(H,22,24). The average Bonchev–Trinajstić information content (AvgIpc) is 3.09. The lowest BCUT2D eigenvalue weighted by Crippen LogP contribution is -2.57. The summed E-state index contributed by atoms with van der Waals surface area (Å²) in [5.41, 5.74) is 9.13. The van der Waals surface area contributed by atoms with Crippen molar-refractivity contribution in [3.05, 3.63) is 23.8 Å². The quantitative estimate of drug-likeness (QED) is 0.589. The lowest BCUT2D eigenvalue weighted by molar-refractivity contribution is -0.150. The molecule has 0 aromatic heterocycles. The average molecular weight is 361 g/mol. The molecule has 8 heteroatoms. The molecule has 2 aliphatic rings. The molecule has 2 amide bonds. The van der Waals surface area contributed by atoms with Crippen LogP contribution in [0.1, 0.15) is 37.0 Å². The third-order valence-electron chi connectivity index (χ3n) is 4.77. The molecular formula is C18H27N5O3. The SMILES string of the molecule is CC1CNCC(C)(C(=O)Nc2cc(C(=O)NN3CCCC3)ccc2N)O1. The molecule has 1 aromatic carbocycles. The van der Waals surface area contributed by atoms with Crippen molar-refractivity contribution in [3.8, 4) is 0 Å². The second kappa shape index (κ2) is 7.61. The fraction of sp³-hybridized carbons (Fsp3) is 0.556. The van der Waals surface area contributed by atoms with E-state index in [1.165, 1.54) is 0 Å². The molecule has 0 bridgehead atoms. The van der Waals surface area contributed by atoms with Crippen LogP contribution in [0.15, 0.2) is 18.2 Å². The minimum Gasteiger partial charge on any atom is -0.397 e. The zero-order valence-corrected chi connectivity index (χ0v) is 15.3. The third-order valence-corrected chi connectivity index (χ3v) is 4.77. The Morgan fingerprint density at radius 3 is 2.77 bits per heavy atom. The van der Waals surface area contributed by atoms with Crippen LogP contribution in [0.2, 0.25) is 0 Å². The summed E-state index contributed by atoms with van der Waals surface area (Å²) in [6, 6.07) is 4.87. The van der Waals surface area contributed by atoms with Gasteiger partial charge in [0.05, 0.1) is 17.5 Å². The van der Waals surface area contributed by atoms with Gasteiger partial charge in [-0.3, -0.25) is 15.0 Å². The molecule has 142 valence electrons. The van der Waals surface area contributed by atoms with Crippen molar-refractivity contribution in [2.75, 3.05) is 37.2 Å². The molecule has 5 N–H and O–H groups in total. The van der Waals surface area contributed by atoms with Gasteiger partial charge in [-0.05, 0) is 44.9 Å². The summed E-state index contributed by atoms with van der Waals surface area (Å²) in [6.07, 6.45) is 2.09. The first-order valence-electron chi connectivity index (χ1n) is 9.03. The summed E-state index contributed by atoms with van der Waals surface area (Å²) in [4.78, 5) is 25.1. The van der Waals surface area contributed by atoms with Crippen molar-refractivity contribution in [1.82, 2.24) is 15.8 Å². The third kappa shape index (κ3) is 4.14. The zero-order valence-electron chi connectivity index (χ0n) is 15.3. The number of hydrogen-bond donors (Lipinski definition) is 4. The lowest BCUT2D eigenvalue weighted by atomic mass is 10.0. The van der Waals surface area contributed by atoms with Gasteiger partial charge in [0.15, 0.2) is 5.60 Å². The maximum absolute atomic E-state index is 12.7. The maximum atomic E-state index is 12.7. The highest BCUT2D eigenvalue weighted by Crippen LogP contribution is 2.24. The molecule has 26 heavy (non-hydrogen) atoms. The maximum Gasteiger partial charge on any atom is 0.265 e. The topological polar surface area (TPSA) is 109 Å². The van der Waals surface area contributed by atoms with Gasteiger partial charge in [0.1, 0.15) is 0 Å². The number of carbonyl (C=O) groups excluding carboxylic acids is 2. The number of nitrogens with one attached hydrogen (secondary N) is 3. The van der Waals surface area contributed by atoms with Gasteiger partial charge >= 0.3 is 0 Å². The highest BCUT2D eigenvalue weighted by Gasteiger charge is 2.38. The summed E-state index contributed by atoms with van der Waals surface area (Å²) >= 11 is 0. The molecule has 2 atom stereocenters. The van der Waals surface area contributed by atoms with Crippen molar-refractivity contribution in [3.63, 3.8) is 0 Å². The predicted molar refractivity (Wildman–Crippen MR) is 99.6 cm³/mol. The van der Waals surface area contributed by atoms with Crippen molar-refractivity contribution < 1.29 is 14.3 Å². The molecule has 3 rings (SSSR count). The number of carbonyl (C=O) groups is 2. The van der Waals surface area contributed by atoms with Crippen molar-refractivity contribution in [2.45, 2.75) is 38.4 Å². The lowest BCUT2D eigenvalue weighted by Gasteiger charge is -2.36. The smallest absolute Gasteiger partial charge is 0.265 e. The molecule has 0 radical (unpaired) electrons. The highest BCUT2D eigenvalue weighted by atomic mass is 16.5. The molecule has 0 saturated carbocycles. The Labute approximate surface area is 153 Å². The van der Waals surface area contributed by atoms with Gasteiger partial charge in [-0.1, -0.05) is 0 Å². The van der Waals surface area contributed by atoms with Crippen LogP contribution in [-0.2, 0) is 9.53 Å². The van der Waals surface area contributed by atoms with Gasteiger partial charge in [0.25, 0.3) is 11.8 Å². The second-order valence-corrected chi connectivity index (χ2v) is 7.18. The van der Waals surface area contributed by atoms with E-state index >= 15 is 0 Å². The first kappa shape index (κ1) is 18.6. The minimum atomic E-state index is -0.988. The normalized spacial score (nSPS) is 26.5. The first-order valence-corrected chi connectivity index (χ1v) is 9.03. The first-order chi connectivity index (χ1) is 12.4. The molecule has 2 aliphatic heterocycles. The monoisotopic (exact) mass is 361 g/mol. The second-order valence-electron chi connectivity index (χ2n) is 7.18. The van der Waals surface area contributed by atoms with Crippen molar-refractivity contribution >= 4 is 23.2 Å². The molecule has 2 unspecified atom stereocenters. The van der Waals surface area contributed by atoms with Crippen LogP contribution in [0.25, 0.3) is 0 Å². The van der Waals surface area contributed by atoms with Gasteiger partial charge in [0, 0.05) is 31.7 Å². The minimum absolute atomic E-state index is 0.0607. The Balaban J connectivity index is 1.71. The molecular weight excluding hydrogens is 334 g/mol. The number of hydrazine groups is 1. The van der Waals surface area contributed by atoms with Crippen LogP contribution < -0.4 is 21.8 Å². The highest BCUT2D eigenvalue weighted by molar-refractivity contribution is 6.02. The number of nitrogens with zero attached hydrogens (tertiary/aromatic N) is 1. The summed E-state index contributed by atoms with van der Waals surface area (Å²) in [7, 11) is 0. The number of nitrogens with two attached hydrogens (primary N) is 1. The number of nitrogen functional groups attached to an aromatic ring is 1. The molecule has 2 fully saturated rings. The number of morpholine rings is 1. The van der Waals surface area contributed by atoms with E-state index < -0.39 is 5.60 Å². The Hall–Kier alpha value is -2.16. The van der Waals surface area contributed by atoms with Crippen LogP contribution in [-0.4, -0.2) is 54.7 Å². The van der Waals surface area contributed by atoms with Crippen LogP contribution in [0.4, 0.5) is 11.4 Å². The van der Waals surface area contributed by atoms with Gasteiger partial charge < -0.3 is 21.1 Å². The Kier molecular flexibility index (Phi) is 5.45. The molecule has 2 heterocycles. The zero-order chi connectivity index (χ0) is 18.7. The van der Waals surface area contributed by atoms with Crippen LogP contribution in [0.3, 0.4) is 0 Å². The van der Waals surface area contributed by atoms with Gasteiger partial charge in [0.2, 0.25) is 0 Å². The van der Waals surface area contributed by atoms with Crippen LogP contribution in [0.5, 0.6) is 0 Å². The predicted octanol–water partition coefficient (Wildman–Crippen LogP) is 0.715. The van der Waals surface area contributed by atoms with E-state index in [1.807, 2.05) is 11.9 Å². The van der Waals surface area contributed by atoms with E-state index in [9.17, 15) is 9.59 Å². The molecule has 0 aliphatic carbocycles. The van der Waals surface area contributed by atoms with Gasteiger partial charge in [-0.2, -0.15) is 0 Å². The van der Waals surface area contributed by atoms with Crippen LogP contribution >= 0.6 is 0 Å². The number of anilines is 2. The molecule has 2 saturated heterocycles. The van der Waals surface area contributed by atoms with Crippen molar-refractivity contribution in [1.29, 1.82) is 0 Å². The summed E-state index contributed by atoms with van der Waals surface area (Å²) in [5, 5.41) is 7.90. The summed E-state index contributed by atoms with van der Waals surface area (Å²) < 4.78 is 5.81. The largest absolute Gasteiger partial charge is 0.397 e. The van der Waals surface area contributed by atoms with E-state index in [4.69, 9.17) is 10.5 Å². The number of amides is 2. The van der Waals surface area contributed by atoms with E-state index in [0.29, 0.717) is 30.0 Å². The molecule has 8 nitrogen and oxygen atoms in total. The number of rotatable bonds is 4. The van der Waals surface area contributed by atoms with Gasteiger partial charge in [-0.25, -0.2) is 5.01 Å². The Bertz CT molecular complexity index is 689. The van der Waals surface area contributed by atoms with Gasteiger partial charge in [-0.15, -0.1) is 0 Å². The van der Waals surface area contributed by atoms with E-state index in [1.54, 1.807) is 25.1 Å².